The molecule has 2 aromatic heterocycles. The van der Waals surface area contributed by atoms with Crippen LogP contribution in [0.2, 0.25) is 5.02 Å². The summed E-state index contributed by atoms with van der Waals surface area (Å²) in [4.78, 5) is 28.1. The molecule has 31 heavy (non-hydrogen) atoms. The standard InChI is InChI=1S/C23H18ClN5O2/c24-16-4-1-3-15(13-16)18-7-8-21-22(28-18)29(11-2-12-31-21)23(30)27-17-5-6-19-20(14-17)26-10-9-25-19/h1,3-10,13-14H,2,11-12H2,(H,27,30). The molecule has 0 aliphatic carbocycles. The van der Waals surface area contributed by atoms with Crippen molar-refractivity contribution < 1.29 is 9.53 Å². The zero-order chi connectivity index (χ0) is 21.2. The second kappa shape index (κ2) is 8.20. The lowest BCUT2D eigenvalue weighted by atomic mass is 10.1. The van der Waals surface area contributed by atoms with Gasteiger partial charge in [0.1, 0.15) is 0 Å². The number of anilines is 2. The van der Waals surface area contributed by atoms with Crippen molar-refractivity contribution in [3.05, 3.63) is 72.0 Å². The first kappa shape index (κ1) is 19.3. The molecule has 1 aliphatic rings. The highest BCUT2D eigenvalue weighted by molar-refractivity contribution is 6.30. The molecule has 4 aromatic rings. The number of halogens is 1. The highest BCUT2D eigenvalue weighted by Crippen LogP contribution is 2.33. The molecule has 0 bridgehead atoms. The fourth-order valence-corrected chi connectivity index (χ4v) is 3.68. The Morgan fingerprint density at radius 3 is 2.77 bits per heavy atom. The number of aromatic nitrogens is 3. The van der Waals surface area contributed by atoms with Crippen molar-refractivity contribution in [2.24, 2.45) is 0 Å². The lowest BCUT2D eigenvalue weighted by molar-refractivity contribution is 0.256. The zero-order valence-electron chi connectivity index (χ0n) is 16.5. The van der Waals surface area contributed by atoms with Crippen LogP contribution >= 0.6 is 11.6 Å². The van der Waals surface area contributed by atoms with E-state index in [0.717, 1.165) is 11.1 Å². The molecule has 0 saturated heterocycles. The first-order chi connectivity index (χ1) is 15.2. The van der Waals surface area contributed by atoms with Gasteiger partial charge in [-0.25, -0.2) is 9.78 Å². The number of benzene rings is 2. The van der Waals surface area contributed by atoms with E-state index >= 15 is 0 Å². The number of rotatable bonds is 2. The summed E-state index contributed by atoms with van der Waals surface area (Å²) in [5, 5.41) is 3.57. The number of pyridine rings is 1. The van der Waals surface area contributed by atoms with Gasteiger partial charge in [0.2, 0.25) is 0 Å². The average Bonchev–Trinajstić information content (AvgIpc) is 3.01. The highest BCUT2D eigenvalue weighted by Gasteiger charge is 2.24. The average molecular weight is 432 g/mol. The molecule has 1 aliphatic heterocycles. The second-order valence-electron chi connectivity index (χ2n) is 7.07. The van der Waals surface area contributed by atoms with Crippen molar-refractivity contribution >= 4 is 40.2 Å². The monoisotopic (exact) mass is 431 g/mol. The Morgan fingerprint density at radius 2 is 1.90 bits per heavy atom. The van der Waals surface area contributed by atoms with Crippen molar-refractivity contribution in [1.82, 2.24) is 15.0 Å². The van der Waals surface area contributed by atoms with Crippen LogP contribution in [0.3, 0.4) is 0 Å². The van der Waals surface area contributed by atoms with E-state index in [1.165, 1.54) is 0 Å². The number of nitrogens with zero attached hydrogens (tertiary/aromatic N) is 4. The van der Waals surface area contributed by atoms with Crippen LogP contribution in [-0.4, -0.2) is 34.1 Å². The Morgan fingerprint density at radius 1 is 1.03 bits per heavy atom. The van der Waals surface area contributed by atoms with E-state index in [2.05, 4.69) is 15.3 Å². The maximum Gasteiger partial charge on any atom is 0.327 e. The first-order valence-electron chi connectivity index (χ1n) is 9.86. The number of urea groups is 1. The Kier molecular flexibility index (Phi) is 5.09. The number of ether oxygens (including phenoxy) is 1. The fraction of sp³-hybridized carbons (Fsp3) is 0.130. The second-order valence-corrected chi connectivity index (χ2v) is 7.51. The van der Waals surface area contributed by atoms with E-state index in [4.69, 9.17) is 21.3 Å². The Hall–Kier alpha value is -3.71. The van der Waals surface area contributed by atoms with Crippen LogP contribution in [0.1, 0.15) is 6.42 Å². The van der Waals surface area contributed by atoms with Crippen molar-refractivity contribution in [1.29, 1.82) is 0 Å². The lowest BCUT2D eigenvalue weighted by Gasteiger charge is -2.22. The number of fused-ring (bicyclic) bond motifs is 2. The predicted molar refractivity (Wildman–Crippen MR) is 121 cm³/mol. The van der Waals surface area contributed by atoms with E-state index in [9.17, 15) is 4.79 Å². The maximum absolute atomic E-state index is 13.2. The van der Waals surface area contributed by atoms with Gasteiger partial charge in [0.05, 0.1) is 23.3 Å². The van der Waals surface area contributed by atoms with Crippen molar-refractivity contribution in [2.75, 3.05) is 23.4 Å². The van der Waals surface area contributed by atoms with E-state index in [1.807, 2.05) is 42.5 Å². The third-order valence-corrected chi connectivity index (χ3v) is 5.20. The molecule has 0 atom stereocenters. The van der Waals surface area contributed by atoms with Gasteiger partial charge in [0.25, 0.3) is 0 Å². The molecular weight excluding hydrogens is 414 g/mol. The van der Waals surface area contributed by atoms with E-state index in [-0.39, 0.29) is 6.03 Å². The molecule has 3 heterocycles. The molecule has 1 N–H and O–H groups in total. The molecule has 154 valence electrons. The predicted octanol–water partition coefficient (Wildman–Crippen LogP) is 5.17. The fourth-order valence-electron chi connectivity index (χ4n) is 3.49. The lowest BCUT2D eigenvalue weighted by Crippen LogP contribution is -2.36. The molecule has 8 heteroatoms. The van der Waals surface area contributed by atoms with Crippen LogP contribution < -0.4 is 15.0 Å². The van der Waals surface area contributed by atoms with Gasteiger partial charge >= 0.3 is 6.03 Å². The number of nitrogens with one attached hydrogen (secondary N) is 1. The van der Waals surface area contributed by atoms with Crippen LogP contribution in [0.4, 0.5) is 16.3 Å². The summed E-state index contributed by atoms with van der Waals surface area (Å²) in [6.45, 7) is 0.999. The third kappa shape index (κ3) is 4.00. The number of amides is 2. The Balaban J connectivity index is 1.47. The summed E-state index contributed by atoms with van der Waals surface area (Å²) in [7, 11) is 0. The van der Waals surface area contributed by atoms with Gasteiger partial charge in [0, 0.05) is 35.2 Å². The molecule has 5 rings (SSSR count). The van der Waals surface area contributed by atoms with Gasteiger partial charge in [-0.05, 0) is 48.9 Å². The van der Waals surface area contributed by atoms with Gasteiger partial charge in [-0.15, -0.1) is 0 Å². The zero-order valence-corrected chi connectivity index (χ0v) is 17.2. The molecule has 0 saturated carbocycles. The Labute approximate surface area is 183 Å². The van der Waals surface area contributed by atoms with Crippen LogP contribution in [0.15, 0.2) is 67.0 Å². The summed E-state index contributed by atoms with van der Waals surface area (Å²) in [6, 6.07) is 16.3. The van der Waals surface area contributed by atoms with Crippen molar-refractivity contribution in [3.63, 3.8) is 0 Å². The van der Waals surface area contributed by atoms with Crippen molar-refractivity contribution in [2.45, 2.75) is 6.42 Å². The minimum atomic E-state index is -0.286. The third-order valence-electron chi connectivity index (χ3n) is 4.96. The summed E-state index contributed by atoms with van der Waals surface area (Å²) in [5.41, 5.74) is 3.69. The summed E-state index contributed by atoms with van der Waals surface area (Å²) in [6.07, 6.45) is 3.95. The Bertz CT molecular complexity index is 1280. The number of carbonyl (C=O) groups excluding carboxylic acids is 1. The largest absolute Gasteiger partial charge is 0.490 e. The summed E-state index contributed by atoms with van der Waals surface area (Å²) < 4.78 is 5.82. The minimum absolute atomic E-state index is 0.286. The van der Waals surface area contributed by atoms with Gasteiger partial charge in [-0.3, -0.25) is 14.9 Å². The van der Waals surface area contributed by atoms with Crippen LogP contribution in [-0.2, 0) is 0 Å². The molecule has 2 aromatic carbocycles. The number of carbonyl (C=O) groups is 1. The first-order valence-corrected chi connectivity index (χ1v) is 10.2. The number of hydrogen-bond acceptors (Lipinski definition) is 5. The SMILES string of the molecule is O=C(Nc1ccc2nccnc2c1)N1CCCOc2ccc(-c3cccc(Cl)c3)nc21. The van der Waals surface area contributed by atoms with Gasteiger partial charge in [0.15, 0.2) is 11.6 Å². The summed E-state index contributed by atoms with van der Waals surface area (Å²) >= 11 is 6.14. The summed E-state index contributed by atoms with van der Waals surface area (Å²) in [5.74, 6) is 1.05. The van der Waals surface area contributed by atoms with Crippen LogP contribution in [0.5, 0.6) is 5.75 Å². The normalized spacial score (nSPS) is 13.3. The molecule has 7 nitrogen and oxygen atoms in total. The van der Waals surface area contributed by atoms with E-state index < -0.39 is 0 Å². The quantitative estimate of drug-likeness (QED) is 0.473. The van der Waals surface area contributed by atoms with Gasteiger partial charge < -0.3 is 10.1 Å². The van der Waals surface area contributed by atoms with E-state index in [1.54, 1.807) is 29.4 Å². The highest BCUT2D eigenvalue weighted by atomic mass is 35.5. The molecular formula is C23H18ClN5O2. The topological polar surface area (TPSA) is 80.2 Å². The molecule has 0 spiro atoms. The van der Waals surface area contributed by atoms with Gasteiger partial charge in [-0.1, -0.05) is 23.7 Å². The van der Waals surface area contributed by atoms with Gasteiger partial charge in [-0.2, -0.15) is 0 Å². The molecule has 0 fully saturated rings. The molecule has 2 amide bonds. The minimum Gasteiger partial charge on any atom is -0.490 e. The van der Waals surface area contributed by atoms with E-state index in [0.29, 0.717) is 53.1 Å². The molecule has 0 radical (unpaired) electrons. The van der Waals surface area contributed by atoms with Crippen molar-refractivity contribution in [3.8, 4) is 17.0 Å². The van der Waals surface area contributed by atoms with Crippen LogP contribution in [0, 0.1) is 0 Å². The van der Waals surface area contributed by atoms with Crippen LogP contribution in [0.25, 0.3) is 22.3 Å². The smallest absolute Gasteiger partial charge is 0.327 e. The molecule has 0 unspecified atom stereocenters. The maximum atomic E-state index is 13.2. The number of hydrogen-bond donors (Lipinski definition) is 1.